The number of anilines is 2. The van der Waals surface area contributed by atoms with E-state index < -0.39 is 11.6 Å². The number of nitrogens with zero attached hydrogens (tertiary/aromatic N) is 9. The number of nitrogens with one attached hydrogen (secondary N) is 2. The number of piperidine rings is 2. The number of alkyl carbamates (subject to hydrolysis) is 1. The minimum Gasteiger partial charge on any atom is -0.478 e. The fraction of sp³-hybridized carbons (Fsp3) is 0.509. The molecule has 72 heavy (non-hydrogen) atoms. The standard InChI is InChI=1S/C25H32N6O.C21H32N6O2.C9H10O2/c1-16-10-17(2)12-19(11-16)25(32)30-8-5-4-6-22(30)21-13-23-27-24(18(3)14-31(23)28-21)29-9-7-20(26)15-29;1-14-12-27-18(11-17(25-27)16-7-5-6-9-22-16)24-19(14)26-10-8-15(13-26)23-20(28)29-21(2,3)4;1-6-3-7(2)5-8(4-6)9(10)11/h10-14,20,22H,4-9,15,26H2,1-3H3;11-12,15-16,22H,5-10,13H2,1-4H3,(H,23,28);3-5H,1-2H3,(H,10,11)/t20-,22-;15-,16-;/m00./s1. The molecule has 2 amide bonds. The number of rotatable bonds is 7. The largest absolute Gasteiger partial charge is 0.478 e. The lowest BCUT2D eigenvalue weighted by molar-refractivity contribution is 0.0507. The Labute approximate surface area is 423 Å². The van der Waals surface area contributed by atoms with Crippen LogP contribution in [0.3, 0.4) is 0 Å². The summed E-state index contributed by atoms with van der Waals surface area (Å²) < 4.78 is 9.13. The molecule has 0 spiro atoms. The number of hydrogen-bond donors (Lipinski definition) is 4. The van der Waals surface area contributed by atoms with Crippen LogP contribution in [0.2, 0.25) is 0 Å². The SMILES string of the molecule is Cc1cc(C)cc(C(=O)N2CCCC[C@H]2c2cc3nc(N4CC[C@H](N)C4)c(C)cn3n2)c1.Cc1cc(C)cc(C(=O)O)c1.Cc1cn2nc([C@@H]3CCCCN3)cc2nc1N1CC[C@H](NC(=O)OC(C)(C)C)C1. The quantitative estimate of drug-likeness (QED) is 0.119. The zero-order valence-electron chi connectivity index (χ0n) is 43.7. The van der Waals surface area contributed by atoms with Gasteiger partial charge in [0.2, 0.25) is 0 Å². The van der Waals surface area contributed by atoms with Crippen molar-refractivity contribution in [1.29, 1.82) is 0 Å². The molecule has 4 fully saturated rings. The Morgan fingerprint density at radius 3 is 1.79 bits per heavy atom. The van der Waals surface area contributed by atoms with Gasteiger partial charge in [-0.05, 0) is 138 Å². The highest BCUT2D eigenvalue weighted by molar-refractivity contribution is 5.95. The zero-order chi connectivity index (χ0) is 51.4. The fourth-order valence-electron chi connectivity index (χ4n) is 10.5. The van der Waals surface area contributed by atoms with Crippen LogP contribution >= 0.6 is 0 Å². The first-order valence-corrected chi connectivity index (χ1v) is 25.7. The molecule has 0 unspecified atom stereocenters. The van der Waals surface area contributed by atoms with E-state index in [9.17, 15) is 14.4 Å². The summed E-state index contributed by atoms with van der Waals surface area (Å²) >= 11 is 0. The van der Waals surface area contributed by atoms with E-state index in [1.54, 1.807) is 12.1 Å². The molecule has 4 aliphatic rings. The van der Waals surface area contributed by atoms with Crippen molar-refractivity contribution in [2.75, 3.05) is 49.1 Å². The number of nitrogens with two attached hydrogens (primary N) is 1. The number of amides is 2. The fourth-order valence-corrected chi connectivity index (χ4v) is 10.5. The maximum absolute atomic E-state index is 13.5. The number of likely N-dealkylation sites (tertiary alicyclic amines) is 1. The van der Waals surface area contributed by atoms with E-state index in [0.717, 1.165) is 151 Å². The maximum atomic E-state index is 13.5. The van der Waals surface area contributed by atoms with Crippen molar-refractivity contribution in [2.45, 2.75) is 143 Å². The third-order valence-electron chi connectivity index (χ3n) is 13.7. The molecule has 2 aromatic carbocycles. The van der Waals surface area contributed by atoms with Crippen molar-refractivity contribution in [2.24, 2.45) is 5.73 Å². The molecule has 5 N–H and O–H groups in total. The second-order valence-corrected chi connectivity index (χ2v) is 21.4. The van der Waals surface area contributed by atoms with Gasteiger partial charge >= 0.3 is 12.1 Å². The van der Waals surface area contributed by atoms with Gasteiger partial charge in [-0.15, -0.1) is 0 Å². The van der Waals surface area contributed by atoms with Crippen molar-refractivity contribution in [1.82, 2.24) is 44.7 Å². The van der Waals surface area contributed by atoms with E-state index >= 15 is 0 Å². The van der Waals surface area contributed by atoms with Gasteiger partial charge in [-0.25, -0.2) is 28.6 Å². The highest BCUT2D eigenvalue weighted by atomic mass is 16.6. The minimum atomic E-state index is -0.864. The van der Waals surface area contributed by atoms with E-state index in [4.69, 9.17) is 35.7 Å². The smallest absolute Gasteiger partial charge is 0.407 e. The number of carboxylic acids is 1. The third kappa shape index (κ3) is 12.7. The van der Waals surface area contributed by atoms with E-state index in [0.29, 0.717) is 11.6 Å². The van der Waals surface area contributed by atoms with Gasteiger partial charge in [0.05, 0.1) is 35.1 Å². The minimum absolute atomic E-state index is 0.0252. The predicted octanol–water partition coefficient (Wildman–Crippen LogP) is 8.52. The lowest BCUT2D eigenvalue weighted by Crippen LogP contribution is -2.40. The summed E-state index contributed by atoms with van der Waals surface area (Å²) in [6, 6.07) is 16.1. The predicted molar refractivity (Wildman–Crippen MR) is 281 cm³/mol. The number of carboxylic acid groups (broad SMARTS) is 1. The second-order valence-electron chi connectivity index (χ2n) is 21.4. The van der Waals surface area contributed by atoms with Gasteiger partial charge < -0.3 is 40.9 Å². The lowest BCUT2D eigenvalue weighted by Gasteiger charge is -2.35. The molecule has 6 aromatic rings. The molecule has 4 aliphatic heterocycles. The summed E-state index contributed by atoms with van der Waals surface area (Å²) in [6.45, 7) is 22.8. The Morgan fingerprint density at radius 2 is 1.24 bits per heavy atom. The molecule has 384 valence electrons. The Bertz CT molecular complexity index is 2880. The van der Waals surface area contributed by atoms with Gasteiger partial charge in [-0.2, -0.15) is 10.2 Å². The number of aromatic carboxylic acids is 1. The molecule has 4 saturated heterocycles. The van der Waals surface area contributed by atoms with E-state index in [1.165, 1.54) is 12.8 Å². The van der Waals surface area contributed by atoms with Crippen LogP contribution in [0.25, 0.3) is 11.3 Å². The van der Waals surface area contributed by atoms with Crippen LogP contribution in [0.15, 0.2) is 60.9 Å². The van der Waals surface area contributed by atoms with E-state index in [2.05, 4.69) is 58.7 Å². The van der Waals surface area contributed by atoms with Crippen molar-refractivity contribution in [3.63, 3.8) is 0 Å². The summed E-state index contributed by atoms with van der Waals surface area (Å²) in [7, 11) is 0. The second kappa shape index (κ2) is 22.0. The highest BCUT2D eigenvalue weighted by Crippen LogP contribution is 2.33. The molecule has 0 bridgehead atoms. The van der Waals surface area contributed by atoms with E-state index in [-0.39, 0.29) is 30.1 Å². The number of hydrogen-bond acceptors (Lipinski definition) is 12. The van der Waals surface area contributed by atoms with Crippen LogP contribution in [0.4, 0.5) is 16.4 Å². The molecule has 17 heteroatoms. The van der Waals surface area contributed by atoms with Gasteiger partial charge in [-0.1, -0.05) is 40.8 Å². The first-order chi connectivity index (χ1) is 34.3. The average Bonchev–Trinajstić information content (AvgIpc) is 4.15. The number of carbonyl (C=O) groups is 3. The van der Waals surface area contributed by atoms with Gasteiger partial charge in [0.25, 0.3) is 5.91 Å². The van der Waals surface area contributed by atoms with Crippen LogP contribution in [-0.4, -0.2) is 114 Å². The third-order valence-corrected chi connectivity index (χ3v) is 13.7. The normalized spacial score (nSPS) is 20.2. The molecule has 17 nitrogen and oxygen atoms in total. The maximum Gasteiger partial charge on any atom is 0.407 e. The Morgan fingerprint density at radius 1 is 0.681 bits per heavy atom. The summed E-state index contributed by atoms with van der Waals surface area (Å²) in [5.74, 6) is 1.18. The van der Waals surface area contributed by atoms with Crippen molar-refractivity contribution in [3.8, 4) is 0 Å². The Hall–Kier alpha value is -6.59. The molecule has 0 radical (unpaired) electrons. The summed E-state index contributed by atoms with van der Waals surface area (Å²) in [4.78, 5) is 52.4. The Kier molecular flexibility index (Phi) is 15.8. The van der Waals surface area contributed by atoms with Crippen LogP contribution in [0.5, 0.6) is 0 Å². The van der Waals surface area contributed by atoms with Crippen molar-refractivity contribution < 1.29 is 24.2 Å². The van der Waals surface area contributed by atoms with Gasteiger partial charge in [0.15, 0.2) is 11.3 Å². The molecular weight excluding hydrogens is 909 g/mol. The van der Waals surface area contributed by atoms with Gasteiger partial charge in [-0.3, -0.25) is 4.79 Å². The molecule has 4 aromatic heterocycles. The summed E-state index contributed by atoms with van der Waals surface area (Å²) in [5.41, 5.74) is 16.8. The molecular formula is C55H74N12O5. The summed E-state index contributed by atoms with van der Waals surface area (Å²) in [6.07, 6.45) is 12.3. The molecule has 0 saturated carbocycles. The number of benzene rings is 2. The monoisotopic (exact) mass is 983 g/mol. The topological polar surface area (TPSA) is 201 Å². The number of carbonyl (C=O) groups excluding carboxylic acids is 2. The van der Waals surface area contributed by atoms with E-state index in [1.807, 2.05) is 86.8 Å². The number of fused-ring (bicyclic) bond motifs is 2. The van der Waals surface area contributed by atoms with Crippen LogP contribution in [0, 0.1) is 41.5 Å². The first-order valence-electron chi connectivity index (χ1n) is 25.7. The number of aryl methyl sites for hydroxylation is 6. The van der Waals surface area contributed by atoms with Crippen molar-refractivity contribution >= 4 is 40.9 Å². The number of ether oxygens (including phenoxy) is 1. The number of aromatic nitrogens is 6. The highest BCUT2D eigenvalue weighted by Gasteiger charge is 2.32. The van der Waals surface area contributed by atoms with Gasteiger partial charge in [0.1, 0.15) is 17.2 Å². The van der Waals surface area contributed by atoms with Crippen LogP contribution in [0.1, 0.15) is 150 Å². The van der Waals surface area contributed by atoms with Crippen LogP contribution in [-0.2, 0) is 4.74 Å². The first kappa shape index (κ1) is 51.8. The van der Waals surface area contributed by atoms with Gasteiger partial charge in [0, 0.05) is 80.0 Å². The molecule has 10 rings (SSSR count). The molecule has 4 atom stereocenters. The van der Waals surface area contributed by atoms with Crippen molar-refractivity contribution in [3.05, 3.63) is 117 Å². The lowest BCUT2D eigenvalue weighted by atomic mass is 9.97. The molecule has 0 aliphatic carbocycles. The zero-order valence-corrected chi connectivity index (χ0v) is 43.7. The Balaban J connectivity index is 0.000000160. The van der Waals surface area contributed by atoms with Crippen LogP contribution < -0.4 is 26.2 Å². The molecule has 8 heterocycles. The average molecular weight is 983 g/mol. The summed E-state index contributed by atoms with van der Waals surface area (Å²) in [5, 5.41) is 24.8.